The van der Waals surface area contributed by atoms with E-state index in [0.29, 0.717) is 12.3 Å². The number of aryl methyl sites for hydroxylation is 2. The van der Waals surface area contributed by atoms with Crippen molar-refractivity contribution in [2.24, 2.45) is 4.99 Å². The van der Waals surface area contributed by atoms with E-state index in [1.54, 1.807) is 25.4 Å². The fourth-order valence-corrected chi connectivity index (χ4v) is 3.39. The first-order chi connectivity index (χ1) is 13.9. The largest absolute Gasteiger partial charge is 0.484 e. The molecule has 2 rings (SSSR count). The molecular weight excluding hydrogens is 513 g/mol. The number of halogens is 1. The smallest absolute Gasteiger partial charge is 0.259 e. The molecule has 0 saturated carbocycles. The van der Waals surface area contributed by atoms with Gasteiger partial charge in [0.2, 0.25) is 0 Å². The molecule has 0 aliphatic heterocycles. The quantitative estimate of drug-likeness (QED) is 0.288. The van der Waals surface area contributed by atoms with Gasteiger partial charge in [-0.2, -0.15) is 0 Å². The Kier molecular flexibility index (Phi) is 11.7. The van der Waals surface area contributed by atoms with Gasteiger partial charge in [0.1, 0.15) is 5.75 Å². The third-order valence-corrected chi connectivity index (χ3v) is 5.36. The highest BCUT2D eigenvalue weighted by Gasteiger charge is 2.06. The van der Waals surface area contributed by atoms with Gasteiger partial charge in [0.05, 0.1) is 17.2 Å². The number of nitrogens with one attached hydrogen (secondary N) is 2. The molecule has 7 nitrogen and oxygen atoms in total. The SMILES string of the molecule is CCNC(=NCc1cccc(OCC(=O)N(C)C)c1)NCCc1nc(C)c(C)s1.I. The lowest BCUT2D eigenvalue weighted by molar-refractivity contribution is -0.130. The predicted molar refractivity (Wildman–Crippen MR) is 134 cm³/mol. The highest BCUT2D eigenvalue weighted by atomic mass is 127. The lowest BCUT2D eigenvalue weighted by Crippen LogP contribution is -2.38. The Labute approximate surface area is 200 Å². The Bertz CT molecular complexity index is 819. The molecule has 0 spiro atoms. The van der Waals surface area contributed by atoms with Crippen LogP contribution in [0.25, 0.3) is 0 Å². The van der Waals surface area contributed by atoms with E-state index in [2.05, 4.69) is 27.5 Å². The van der Waals surface area contributed by atoms with Crippen molar-refractivity contribution >= 4 is 47.2 Å². The third-order valence-electron chi connectivity index (χ3n) is 4.23. The van der Waals surface area contributed by atoms with Gasteiger partial charge in [-0.15, -0.1) is 35.3 Å². The molecule has 1 amide bonds. The minimum Gasteiger partial charge on any atom is -0.484 e. The number of carbonyl (C=O) groups excluding carboxylic acids is 1. The topological polar surface area (TPSA) is 78.9 Å². The van der Waals surface area contributed by atoms with Crippen molar-refractivity contribution in [3.8, 4) is 5.75 Å². The van der Waals surface area contributed by atoms with Crippen LogP contribution in [0, 0.1) is 13.8 Å². The minimum absolute atomic E-state index is 0. The van der Waals surface area contributed by atoms with Gasteiger partial charge in [-0.25, -0.2) is 9.98 Å². The van der Waals surface area contributed by atoms with Crippen molar-refractivity contribution in [1.82, 2.24) is 20.5 Å². The number of rotatable bonds is 9. The molecular formula is C21H32IN5O2S. The van der Waals surface area contributed by atoms with E-state index in [0.717, 1.165) is 41.7 Å². The summed E-state index contributed by atoms with van der Waals surface area (Å²) < 4.78 is 5.57. The fraction of sp³-hybridized carbons (Fsp3) is 0.476. The Hall–Kier alpha value is -1.88. The van der Waals surface area contributed by atoms with Crippen LogP contribution in [0.3, 0.4) is 0 Å². The highest BCUT2D eigenvalue weighted by Crippen LogP contribution is 2.16. The van der Waals surface area contributed by atoms with Crippen LogP contribution in [0.5, 0.6) is 5.75 Å². The Morgan fingerprint density at radius 1 is 1.27 bits per heavy atom. The number of benzene rings is 1. The maximum absolute atomic E-state index is 11.7. The Morgan fingerprint density at radius 2 is 2.03 bits per heavy atom. The number of aromatic nitrogens is 1. The molecule has 166 valence electrons. The molecule has 30 heavy (non-hydrogen) atoms. The molecule has 0 atom stereocenters. The first-order valence-corrected chi connectivity index (χ1v) is 10.6. The first kappa shape index (κ1) is 26.2. The van der Waals surface area contributed by atoms with Crippen LogP contribution in [-0.2, 0) is 17.8 Å². The zero-order chi connectivity index (χ0) is 21.2. The van der Waals surface area contributed by atoms with Crippen molar-refractivity contribution in [1.29, 1.82) is 0 Å². The number of carbonyl (C=O) groups is 1. The second-order valence-electron chi connectivity index (χ2n) is 6.85. The molecule has 0 saturated heterocycles. The molecule has 2 aromatic rings. The number of hydrogen-bond acceptors (Lipinski definition) is 5. The second kappa shape index (κ2) is 13.4. The summed E-state index contributed by atoms with van der Waals surface area (Å²) in [5.74, 6) is 1.37. The van der Waals surface area contributed by atoms with Gasteiger partial charge in [-0.1, -0.05) is 12.1 Å². The van der Waals surface area contributed by atoms with Crippen LogP contribution >= 0.6 is 35.3 Å². The molecule has 0 fully saturated rings. The van der Waals surface area contributed by atoms with E-state index < -0.39 is 0 Å². The summed E-state index contributed by atoms with van der Waals surface area (Å²) in [6.45, 7) is 8.29. The average molecular weight is 545 g/mol. The molecule has 0 radical (unpaired) electrons. The van der Waals surface area contributed by atoms with E-state index >= 15 is 0 Å². The van der Waals surface area contributed by atoms with Gasteiger partial charge >= 0.3 is 0 Å². The van der Waals surface area contributed by atoms with Gasteiger partial charge in [-0.05, 0) is 38.5 Å². The standard InChI is InChI=1S/C21H31N5O2S.HI/c1-6-22-21(23-11-10-19-25-15(2)16(3)29-19)24-13-17-8-7-9-18(12-17)28-14-20(27)26(4)5;/h7-9,12H,6,10-11,13-14H2,1-5H3,(H2,22,23,24);1H. The fourth-order valence-electron chi connectivity index (χ4n) is 2.45. The molecule has 1 aromatic heterocycles. The lowest BCUT2D eigenvalue weighted by atomic mass is 10.2. The number of hydrogen-bond donors (Lipinski definition) is 2. The monoisotopic (exact) mass is 545 g/mol. The molecule has 1 aromatic carbocycles. The summed E-state index contributed by atoms with van der Waals surface area (Å²) in [6, 6.07) is 7.66. The van der Waals surface area contributed by atoms with Gasteiger partial charge in [0.15, 0.2) is 12.6 Å². The van der Waals surface area contributed by atoms with E-state index in [-0.39, 0.29) is 36.5 Å². The molecule has 0 bridgehead atoms. The zero-order valence-electron chi connectivity index (χ0n) is 18.3. The number of ether oxygens (including phenoxy) is 1. The number of aliphatic imine (C=N–C) groups is 1. The number of thiazole rings is 1. The van der Waals surface area contributed by atoms with Crippen molar-refractivity contribution < 1.29 is 9.53 Å². The summed E-state index contributed by atoms with van der Waals surface area (Å²) in [6.07, 6.45) is 0.868. The Balaban J connectivity index is 0.00000450. The second-order valence-corrected chi connectivity index (χ2v) is 8.13. The summed E-state index contributed by atoms with van der Waals surface area (Å²) in [7, 11) is 3.42. The van der Waals surface area contributed by atoms with Gasteiger partial charge in [0, 0.05) is 38.5 Å². The van der Waals surface area contributed by atoms with E-state index in [1.165, 1.54) is 9.78 Å². The van der Waals surface area contributed by atoms with E-state index in [1.807, 2.05) is 38.1 Å². The van der Waals surface area contributed by atoms with Gasteiger partial charge in [-0.3, -0.25) is 4.79 Å². The molecule has 0 aliphatic rings. The summed E-state index contributed by atoms with van der Waals surface area (Å²) in [5.41, 5.74) is 2.13. The maximum Gasteiger partial charge on any atom is 0.259 e. The molecule has 1 heterocycles. The van der Waals surface area contributed by atoms with Crippen LogP contribution in [0.2, 0.25) is 0 Å². The number of guanidine groups is 1. The van der Waals surface area contributed by atoms with E-state index in [4.69, 9.17) is 4.74 Å². The Morgan fingerprint density at radius 3 is 2.67 bits per heavy atom. The van der Waals surface area contributed by atoms with Crippen molar-refractivity contribution in [2.45, 2.75) is 33.7 Å². The normalized spacial score (nSPS) is 10.9. The molecule has 0 unspecified atom stereocenters. The zero-order valence-corrected chi connectivity index (χ0v) is 21.5. The molecule has 0 aliphatic carbocycles. The first-order valence-electron chi connectivity index (χ1n) is 9.76. The van der Waals surface area contributed by atoms with Crippen molar-refractivity contribution in [2.75, 3.05) is 33.8 Å². The van der Waals surface area contributed by atoms with Crippen LogP contribution < -0.4 is 15.4 Å². The van der Waals surface area contributed by atoms with Gasteiger partial charge in [0.25, 0.3) is 5.91 Å². The van der Waals surface area contributed by atoms with E-state index in [9.17, 15) is 4.79 Å². The maximum atomic E-state index is 11.7. The highest BCUT2D eigenvalue weighted by molar-refractivity contribution is 14.0. The number of likely N-dealkylation sites (N-methyl/N-ethyl adjacent to an activating group) is 1. The van der Waals surface area contributed by atoms with Gasteiger partial charge < -0.3 is 20.3 Å². The predicted octanol–water partition coefficient (Wildman–Crippen LogP) is 3.14. The van der Waals surface area contributed by atoms with Crippen LogP contribution in [0.1, 0.15) is 28.1 Å². The number of nitrogens with zero attached hydrogens (tertiary/aromatic N) is 3. The molecule has 9 heteroatoms. The molecule has 2 N–H and O–H groups in total. The van der Waals surface area contributed by atoms with Crippen molar-refractivity contribution in [3.05, 3.63) is 45.4 Å². The summed E-state index contributed by atoms with van der Waals surface area (Å²) in [5, 5.41) is 7.76. The summed E-state index contributed by atoms with van der Waals surface area (Å²) >= 11 is 1.75. The summed E-state index contributed by atoms with van der Waals surface area (Å²) in [4.78, 5) is 23.7. The number of amides is 1. The lowest BCUT2D eigenvalue weighted by Gasteiger charge is -2.12. The average Bonchev–Trinajstić information content (AvgIpc) is 3.01. The minimum atomic E-state index is -0.0716. The van der Waals surface area contributed by atoms with Crippen LogP contribution in [0.15, 0.2) is 29.3 Å². The van der Waals surface area contributed by atoms with Crippen molar-refractivity contribution in [3.63, 3.8) is 0 Å². The van der Waals surface area contributed by atoms with Crippen LogP contribution in [-0.4, -0.2) is 55.5 Å². The third kappa shape index (κ3) is 8.86. The van der Waals surface area contributed by atoms with Crippen LogP contribution in [0.4, 0.5) is 0 Å².